The van der Waals surface area contributed by atoms with Gasteiger partial charge in [0.2, 0.25) is 5.91 Å². The van der Waals surface area contributed by atoms with Gasteiger partial charge in [0.05, 0.1) is 7.11 Å². The molecule has 4 N–H and O–H groups in total. The number of rotatable bonds is 8. The van der Waals surface area contributed by atoms with Crippen molar-refractivity contribution in [3.63, 3.8) is 0 Å². The predicted octanol–water partition coefficient (Wildman–Crippen LogP) is 2.01. The molecule has 0 aromatic heterocycles. The van der Waals surface area contributed by atoms with Crippen molar-refractivity contribution in [1.82, 2.24) is 0 Å². The zero-order valence-electron chi connectivity index (χ0n) is 15.8. The van der Waals surface area contributed by atoms with Gasteiger partial charge in [-0.3, -0.25) is 4.79 Å². The number of esters is 1. The molecule has 0 heterocycles. The Morgan fingerprint density at radius 3 is 1.64 bits per heavy atom. The molecule has 0 aliphatic heterocycles. The Balaban J connectivity index is 0.000000251. The first-order valence-electron chi connectivity index (χ1n) is 9.49. The molecule has 2 aliphatic carbocycles. The van der Waals surface area contributed by atoms with Crippen molar-refractivity contribution in [3.8, 4) is 0 Å². The van der Waals surface area contributed by atoms with E-state index in [1.807, 2.05) is 13.8 Å². The molecule has 2 saturated carbocycles. The Morgan fingerprint density at radius 1 is 0.960 bits per heavy atom. The maximum Gasteiger partial charge on any atom is 0.334 e. The largest absolute Gasteiger partial charge is 0.467 e. The lowest BCUT2D eigenvalue weighted by atomic mass is 9.78. The summed E-state index contributed by atoms with van der Waals surface area (Å²) in [4.78, 5) is 21.6. The maximum atomic E-state index is 11.0. The highest BCUT2D eigenvalue weighted by Gasteiger charge is 2.28. The van der Waals surface area contributed by atoms with E-state index in [-0.39, 0.29) is 11.8 Å². The summed E-state index contributed by atoms with van der Waals surface area (Å²) < 4.78 is 4.48. The quantitative estimate of drug-likeness (QED) is 0.576. The summed E-state index contributed by atoms with van der Waals surface area (Å²) in [7, 11) is 1.31. The van der Waals surface area contributed by atoms with Gasteiger partial charge in [-0.2, -0.15) is 0 Å². The molecule has 25 heavy (non-hydrogen) atoms. The third kappa shape index (κ3) is 7.32. The van der Waals surface area contributed by atoms with Gasteiger partial charge in [-0.05, 0) is 36.5 Å². The van der Waals surface area contributed by atoms with Crippen molar-refractivity contribution < 1.29 is 24.5 Å². The van der Waals surface area contributed by atoms with Gasteiger partial charge in [0.15, 0.2) is 6.10 Å². The molecular formula is C19H35NO5. The Hall–Kier alpha value is -1.14. The second kappa shape index (κ2) is 10.8. The van der Waals surface area contributed by atoms with Crippen molar-refractivity contribution >= 4 is 11.9 Å². The molecule has 0 bridgehead atoms. The molecule has 1 amide bonds. The highest BCUT2D eigenvalue weighted by molar-refractivity contribution is 5.78. The van der Waals surface area contributed by atoms with Gasteiger partial charge in [0.25, 0.3) is 0 Å². The minimum Gasteiger partial charge on any atom is -0.467 e. The first-order valence-corrected chi connectivity index (χ1v) is 9.49. The first kappa shape index (κ1) is 21.9. The van der Waals surface area contributed by atoms with Crippen LogP contribution in [0.2, 0.25) is 0 Å². The summed E-state index contributed by atoms with van der Waals surface area (Å²) in [6.45, 7) is 3.79. The normalized spacial score (nSPS) is 22.3. The maximum absolute atomic E-state index is 11.0. The zero-order valence-corrected chi connectivity index (χ0v) is 15.8. The Labute approximate surface area is 151 Å². The standard InChI is InChI=1S/C10H18O3.C9H17NO2/c1-7(6-8-4-3-5-8)9(11)10(12)13-2;1-6(8(11)9(10)12)5-7-3-2-4-7/h7-9,11H,3-6H2,1-2H3;6-8,11H,2-5H2,1H3,(H2,10,12). The highest BCUT2D eigenvalue weighted by atomic mass is 16.5. The van der Waals surface area contributed by atoms with E-state index in [9.17, 15) is 19.8 Å². The predicted molar refractivity (Wildman–Crippen MR) is 95.5 cm³/mol. The van der Waals surface area contributed by atoms with Crippen LogP contribution in [-0.4, -0.2) is 41.4 Å². The number of ether oxygens (including phenoxy) is 1. The lowest BCUT2D eigenvalue weighted by molar-refractivity contribution is -0.153. The molecule has 0 aromatic rings. The molecule has 0 radical (unpaired) electrons. The number of primary amides is 1. The van der Waals surface area contributed by atoms with Gasteiger partial charge in [-0.15, -0.1) is 0 Å². The van der Waals surface area contributed by atoms with Gasteiger partial charge >= 0.3 is 5.97 Å². The highest BCUT2D eigenvalue weighted by Crippen LogP contribution is 2.33. The minimum absolute atomic E-state index is 0.0211. The van der Waals surface area contributed by atoms with Crippen molar-refractivity contribution in [2.75, 3.05) is 7.11 Å². The van der Waals surface area contributed by atoms with E-state index >= 15 is 0 Å². The van der Waals surface area contributed by atoms with E-state index in [4.69, 9.17) is 5.73 Å². The molecule has 4 atom stereocenters. The fourth-order valence-electron chi connectivity index (χ4n) is 3.40. The molecule has 2 aliphatic rings. The van der Waals surface area contributed by atoms with Crippen molar-refractivity contribution in [2.45, 2.75) is 77.4 Å². The van der Waals surface area contributed by atoms with Crippen molar-refractivity contribution in [3.05, 3.63) is 0 Å². The van der Waals surface area contributed by atoms with E-state index in [0.717, 1.165) is 12.8 Å². The summed E-state index contributed by atoms with van der Waals surface area (Å²) in [6.07, 6.45) is 7.56. The molecule has 4 unspecified atom stereocenters. The number of aliphatic hydroxyl groups excluding tert-OH is 2. The van der Waals surface area contributed by atoms with Gasteiger partial charge in [-0.25, -0.2) is 4.79 Å². The SMILES string of the molecule is CC(CC1CCC1)C(O)C(N)=O.COC(=O)C(O)C(C)CC1CCC1. The van der Waals surface area contributed by atoms with Crippen LogP contribution in [0.4, 0.5) is 0 Å². The van der Waals surface area contributed by atoms with Crippen LogP contribution in [0.15, 0.2) is 0 Å². The first-order chi connectivity index (χ1) is 11.8. The van der Waals surface area contributed by atoms with Crippen molar-refractivity contribution in [2.24, 2.45) is 29.4 Å². The fourth-order valence-corrected chi connectivity index (χ4v) is 3.40. The fraction of sp³-hybridized carbons (Fsp3) is 0.895. The Kier molecular flexibility index (Phi) is 9.43. The summed E-state index contributed by atoms with van der Waals surface area (Å²) in [5, 5.41) is 18.8. The van der Waals surface area contributed by atoms with E-state index in [1.165, 1.54) is 45.6 Å². The van der Waals surface area contributed by atoms with Crippen LogP contribution in [0.25, 0.3) is 0 Å². The van der Waals surface area contributed by atoms with E-state index in [1.54, 1.807) is 0 Å². The summed E-state index contributed by atoms with van der Waals surface area (Å²) in [6, 6.07) is 0. The number of carbonyl (C=O) groups is 2. The van der Waals surface area contributed by atoms with Crippen LogP contribution in [-0.2, 0) is 14.3 Å². The lowest BCUT2D eigenvalue weighted by Crippen LogP contribution is -2.35. The average molecular weight is 357 g/mol. The molecule has 2 fully saturated rings. The molecule has 0 spiro atoms. The number of hydrogen-bond acceptors (Lipinski definition) is 5. The van der Waals surface area contributed by atoms with Crippen LogP contribution in [0.1, 0.15) is 65.2 Å². The van der Waals surface area contributed by atoms with Crippen LogP contribution >= 0.6 is 0 Å². The van der Waals surface area contributed by atoms with Crippen LogP contribution in [0.3, 0.4) is 0 Å². The average Bonchev–Trinajstić information content (AvgIpc) is 2.52. The molecule has 2 rings (SSSR count). The monoisotopic (exact) mass is 357 g/mol. The molecule has 6 nitrogen and oxygen atoms in total. The van der Waals surface area contributed by atoms with Gasteiger partial charge < -0.3 is 20.7 Å². The van der Waals surface area contributed by atoms with Crippen LogP contribution in [0, 0.1) is 23.7 Å². The third-order valence-electron chi connectivity index (χ3n) is 5.67. The minimum atomic E-state index is -0.953. The second-order valence-corrected chi connectivity index (χ2v) is 7.84. The van der Waals surface area contributed by atoms with Crippen molar-refractivity contribution in [1.29, 1.82) is 0 Å². The lowest BCUT2D eigenvalue weighted by Gasteiger charge is -2.29. The molecule has 146 valence electrons. The summed E-state index contributed by atoms with van der Waals surface area (Å²) in [5.74, 6) is 0.377. The van der Waals surface area contributed by atoms with Gasteiger partial charge in [0.1, 0.15) is 6.10 Å². The third-order valence-corrected chi connectivity index (χ3v) is 5.67. The number of hydrogen-bond donors (Lipinski definition) is 3. The number of amides is 1. The van der Waals surface area contributed by atoms with E-state index in [2.05, 4.69) is 4.74 Å². The summed E-state index contributed by atoms with van der Waals surface area (Å²) >= 11 is 0. The van der Waals surface area contributed by atoms with Crippen LogP contribution < -0.4 is 5.73 Å². The second-order valence-electron chi connectivity index (χ2n) is 7.84. The molecule has 0 saturated heterocycles. The number of nitrogens with two attached hydrogens (primary N) is 1. The topological polar surface area (TPSA) is 110 Å². The summed E-state index contributed by atoms with van der Waals surface area (Å²) in [5.41, 5.74) is 4.98. The smallest absolute Gasteiger partial charge is 0.334 e. The van der Waals surface area contributed by atoms with Crippen LogP contribution in [0.5, 0.6) is 0 Å². The van der Waals surface area contributed by atoms with Gasteiger partial charge in [-0.1, -0.05) is 52.4 Å². The number of methoxy groups -OCH3 is 1. The molecule has 6 heteroatoms. The van der Waals surface area contributed by atoms with Gasteiger partial charge in [0, 0.05) is 0 Å². The van der Waals surface area contributed by atoms with E-state index in [0.29, 0.717) is 11.8 Å². The molecular weight excluding hydrogens is 322 g/mol. The Bertz CT molecular complexity index is 420. The zero-order chi connectivity index (χ0) is 19.0. The number of aliphatic hydroxyl groups is 2. The number of carbonyl (C=O) groups excluding carboxylic acids is 2. The molecule has 0 aromatic carbocycles. The van der Waals surface area contributed by atoms with E-state index < -0.39 is 24.1 Å². The Morgan fingerprint density at radius 2 is 1.36 bits per heavy atom.